The fraction of sp³-hybridized carbons (Fsp3) is 0.417. The van der Waals surface area contributed by atoms with E-state index in [1.165, 1.54) is 19.1 Å². The molecule has 19 heavy (non-hydrogen) atoms. The first-order chi connectivity index (χ1) is 9.02. The van der Waals surface area contributed by atoms with Gasteiger partial charge < -0.3 is 14.7 Å². The van der Waals surface area contributed by atoms with Gasteiger partial charge in [-0.25, -0.2) is 0 Å². The molecule has 1 aliphatic rings. The molecule has 1 aromatic rings. The number of nitro groups is 1. The molecule has 0 aliphatic carbocycles. The Labute approximate surface area is 109 Å². The summed E-state index contributed by atoms with van der Waals surface area (Å²) < 4.78 is 5.21. The van der Waals surface area contributed by atoms with E-state index in [9.17, 15) is 20.0 Å². The van der Waals surface area contributed by atoms with Crippen molar-refractivity contribution in [1.82, 2.24) is 0 Å². The molecule has 1 aromatic carbocycles. The number of ketones is 1. The van der Waals surface area contributed by atoms with Crippen LogP contribution in [0.2, 0.25) is 0 Å². The van der Waals surface area contributed by atoms with Crippen molar-refractivity contribution >= 4 is 17.2 Å². The summed E-state index contributed by atoms with van der Waals surface area (Å²) in [4.78, 5) is 23.9. The second-order valence-corrected chi connectivity index (χ2v) is 4.24. The van der Waals surface area contributed by atoms with Gasteiger partial charge in [0.15, 0.2) is 11.5 Å². The van der Waals surface area contributed by atoms with Crippen molar-refractivity contribution in [3.63, 3.8) is 0 Å². The number of nitrogens with zero attached hydrogens (tertiary/aromatic N) is 2. The molecule has 0 bridgehead atoms. The Bertz CT molecular complexity index is 523. The summed E-state index contributed by atoms with van der Waals surface area (Å²) in [6, 6.07) is 2.78. The van der Waals surface area contributed by atoms with Gasteiger partial charge in [-0.3, -0.25) is 14.9 Å². The minimum absolute atomic E-state index is 0.0492. The van der Waals surface area contributed by atoms with E-state index in [-0.39, 0.29) is 5.56 Å². The summed E-state index contributed by atoms with van der Waals surface area (Å²) in [5.74, 6) is -0.934. The maximum absolute atomic E-state index is 11.7. The summed E-state index contributed by atoms with van der Waals surface area (Å²) in [7, 11) is 0. The maximum Gasteiger partial charge on any atom is 0.323 e. The summed E-state index contributed by atoms with van der Waals surface area (Å²) in [6.07, 6.45) is 0. The number of hydrogen-bond acceptors (Lipinski definition) is 6. The van der Waals surface area contributed by atoms with Crippen molar-refractivity contribution in [1.29, 1.82) is 0 Å². The van der Waals surface area contributed by atoms with Crippen LogP contribution in [-0.4, -0.2) is 42.1 Å². The number of benzene rings is 1. The number of ether oxygens (including phenoxy) is 1. The Kier molecular flexibility index (Phi) is 3.66. The molecule has 1 N–H and O–H groups in total. The quantitative estimate of drug-likeness (QED) is 0.504. The molecule has 2 rings (SSSR count). The van der Waals surface area contributed by atoms with E-state index in [4.69, 9.17) is 4.74 Å². The lowest BCUT2D eigenvalue weighted by Crippen LogP contribution is -2.37. The first-order valence-corrected chi connectivity index (χ1v) is 5.86. The van der Waals surface area contributed by atoms with Crippen LogP contribution in [-0.2, 0) is 4.74 Å². The molecule has 1 fully saturated rings. The van der Waals surface area contributed by atoms with Crippen molar-refractivity contribution in [2.24, 2.45) is 0 Å². The summed E-state index contributed by atoms with van der Waals surface area (Å²) in [5, 5.41) is 20.6. The lowest BCUT2D eigenvalue weighted by Gasteiger charge is -2.30. The predicted octanol–water partition coefficient (Wildman–Crippen LogP) is 1.34. The average molecular weight is 266 g/mol. The molecule has 1 heterocycles. The fourth-order valence-corrected chi connectivity index (χ4v) is 2.17. The number of aromatic hydroxyl groups is 1. The van der Waals surface area contributed by atoms with Gasteiger partial charge in [-0.1, -0.05) is 0 Å². The van der Waals surface area contributed by atoms with Crippen molar-refractivity contribution in [2.75, 3.05) is 31.2 Å². The number of anilines is 1. The number of phenols is 1. The number of nitro benzene ring substituents is 1. The summed E-state index contributed by atoms with van der Waals surface area (Å²) in [5.41, 5.74) is -0.108. The highest BCUT2D eigenvalue weighted by Crippen LogP contribution is 2.37. The summed E-state index contributed by atoms with van der Waals surface area (Å²) in [6.45, 7) is 3.38. The molecule has 0 radical (unpaired) electrons. The van der Waals surface area contributed by atoms with Crippen molar-refractivity contribution < 1.29 is 19.6 Å². The van der Waals surface area contributed by atoms with Crippen LogP contribution in [0.4, 0.5) is 11.4 Å². The number of rotatable bonds is 3. The number of carbonyl (C=O) groups excluding carboxylic acids is 1. The second kappa shape index (κ2) is 5.23. The van der Waals surface area contributed by atoms with Crippen LogP contribution >= 0.6 is 0 Å². The normalized spacial score (nSPS) is 15.3. The predicted molar refractivity (Wildman–Crippen MR) is 67.8 cm³/mol. The zero-order chi connectivity index (χ0) is 14.0. The molecule has 0 spiro atoms. The zero-order valence-corrected chi connectivity index (χ0v) is 10.5. The van der Waals surface area contributed by atoms with Crippen LogP contribution < -0.4 is 4.90 Å². The molecule has 0 amide bonds. The first kappa shape index (κ1) is 13.3. The van der Waals surface area contributed by atoms with Gasteiger partial charge in [-0.2, -0.15) is 0 Å². The van der Waals surface area contributed by atoms with Crippen molar-refractivity contribution in [3.8, 4) is 5.75 Å². The molecule has 0 unspecified atom stereocenters. The van der Waals surface area contributed by atoms with E-state index in [0.717, 1.165) is 0 Å². The van der Waals surface area contributed by atoms with Crippen LogP contribution in [0.1, 0.15) is 17.3 Å². The van der Waals surface area contributed by atoms with E-state index in [1.807, 2.05) is 4.90 Å². The van der Waals surface area contributed by atoms with E-state index in [1.54, 1.807) is 0 Å². The molecule has 7 nitrogen and oxygen atoms in total. The van der Waals surface area contributed by atoms with E-state index < -0.39 is 22.1 Å². The van der Waals surface area contributed by atoms with Crippen LogP contribution in [0.15, 0.2) is 12.1 Å². The number of hydrogen-bond donors (Lipinski definition) is 1. The minimum Gasteiger partial charge on any atom is -0.502 e. The van der Waals surface area contributed by atoms with Crippen LogP contribution in [0.25, 0.3) is 0 Å². The van der Waals surface area contributed by atoms with Gasteiger partial charge in [0.05, 0.1) is 23.8 Å². The standard InChI is InChI=1S/C12H14N2O5/c1-8(15)11-9(13-4-6-19-7-5-13)2-3-10(16)12(11)14(17)18/h2-3,16H,4-7H2,1H3. The Balaban J connectivity index is 2.57. The monoisotopic (exact) mass is 266 g/mol. The molecule has 102 valence electrons. The van der Waals surface area contributed by atoms with Gasteiger partial charge >= 0.3 is 5.69 Å². The average Bonchev–Trinajstić information content (AvgIpc) is 2.38. The molecule has 0 atom stereocenters. The molecule has 1 saturated heterocycles. The fourth-order valence-electron chi connectivity index (χ4n) is 2.17. The lowest BCUT2D eigenvalue weighted by atomic mass is 10.0. The molecule has 1 aliphatic heterocycles. The Morgan fingerprint density at radius 1 is 1.42 bits per heavy atom. The van der Waals surface area contributed by atoms with Gasteiger partial charge in [0, 0.05) is 13.1 Å². The molecule has 7 heteroatoms. The Morgan fingerprint density at radius 3 is 2.58 bits per heavy atom. The Hall–Kier alpha value is -2.15. The van der Waals surface area contributed by atoms with Gasteiger partial charge in [-0.05, 0) is 19.1 Å². The topological polar surface area (TPSA) is 92.9 Å². The number of carbonyl (C=O) groups is 1. The third-order valence-electron chi connectivity index (χ3n) is 3.02. The smallest absolute Gasteiger partial charge is 0.323 e. The van der Waals surface area contributed by atoms with Crippen LogP contribution in [0.3, 0.4) is 0 Å². The maximum atomic E-state index is 11.7. The van der Waals surface area contributed by atoms with E-state index >= 15 is 0 Å². The van der Waals surface area contributed by atoms with Gasteiger partial charge in [0.2, 0.25) is 0 Å². The van der Waals surface area contributed by atoms with E-state index in [0.29, 0.717) is 32.0 Å². The summed E-state index contributed by atoms with van der Waals surface area (Å²) >= 11 is 0. The third kappa shape index (κ3) is 2.50. The molecular formula is C12H14N2O5. The van der Waals surface area contributed by atoms with Crippen molar-refractivity contribution in [3.05, 3.63) is 27.8 Å². The van der Waals surface area contributed by atoms with Gasteiger partial charge in [-0.15, -0.1) is 0 Å². The number of Topliss-reactive ketones (excluding diaryl/α,β-unsaturated/α-hetero) is 1. The SMILES string of the molecule is CC(=O)c1c(N2CCOCC2)ccc(O)c1[N+](=O)[O-]. The first-order valence-electron chi connectivity index (χ1n) is 5.86. The van der Waals surface area contributed by atoms with Crippen LogP contribution in [0.5, 0.6) is 5.75 Å². The third-order valence-corrected chi connectivity index (χ3v) is 3.02. The van der Waals surface area contributed by atoms with Crippen LogP contribution in [0, 0.1) is 10.1 Å². The molecule has 0 saturated carbocycles. The minimum atomic E-state index is -0.726. The second-order valence-electron chi connectivity index (χ2n) is 4.24. The number of phenolic OH excluding ortho intramolecular Hbond substituents is 1. The highest BCUT2D eigenvalue weighted by Gasteiger charge is 2.29. The largest absolute Gasteiger partial charge is 0.502 e. The van der Waals surface area contributed by atoms with Crippen molar-refractivity contribution in [2.45, 2.75) is 6.92 Å². The lowest BCUT2D eigenvalue weighted by molar-refractivity contribution is -0.386. The highest BCUT2D eigenvalue weighted by atomic mass is 16.6. The van der Waals surface area contributed by atoms with E-state index in [2.05, 4.69) is 0 Å². The number of morpholine rings is 1. The molecular weight excluding hydrogens is 252 g/mol. The molecule has 0 aromatic heterocycles. The Morgan fingerprint density at radius 2 is 2.05 bits per heavy atom. The highest BCUT2D eigenvalue weighted by molar-refractivity contribution is 6.04. The van der Waals surface area contributed by atoms with Gasteiger partial charge in [0.1, 0.15) is 5.56 Å². The van der Waals surface area contributed by atoms with Gasteiger partial charge in [0.25, 0.3) is 0 Å². The zero-order valence-electron chi connectivity index (χ0n) is 10.5.